The van der Waals surface area contributed by atoms with Crippen LogP contribution in [0.25, 0.3) is 0 Å². The molecule has 0 atom stereocenters. The third-order valence-corrected chi connectivity index (χ3v) is 2.84. The van der Waals surface area contributed by atoms with Crippen LogP contribution in [0.4, 0.5) is 0 Å². The number of hydrogen-bond acceptors (Lipinski definition) is 3. The number of benzene rings is 1. The molecule has 0 fully saturated rings. The average Bonchev–Trinajstić information content (AvgIpc) is 2.29. The van der Waals surface area contributed by atoms with Crippen LogP contribution < -0.4 is 10.1 Å². The zero-order valence-electron chi connectivity index (χ0n) is 12.3. The first-order chi connectivity index (χ1) is 8.90. The fraction of sp³-hybridized carbons (Fsp3) is 0.600. The zero-order valence-corrected chi connectivity index (χ0v) is 13.0. The highest BCUT2D eigenvalue weighted by atomic mass is 35.5. The second-order valence-corrected chi connectivity index (χ2v) is 5.93. The van der Waals surface area contributed by atoms with Crippen LogP contribution in [0.5, 0.6) is 5.75 Å². The van der Waals surface area contributed by atoms with Crippen LogP contribution in [0, 0.1) is 6.92 Å². The molecule has 1 rings (SSSR count). The molecule has 0 aliphatic rings. The third kappa shape index (κ3) is 6.81. The number of hydrogen-bond donors (Lipinski definition) is 1. The second kappa shape index (κ2) is 7.73. The van der Waals surface area contributed by atoms with Crippen molar-refractivity contribution < 1.29 is 9.47 Å². The lowest BCUT2D eigenvalue weighted by Gasteiger charge is -2.20. The normalized spacial score (nSPS) is 11.6. The lowest BCUT2D eigenvalue weighted by atomic mass is 10.1. The molecule has 0 saturated heterocycles. The number of ether oxygens (including phenoxy) is 2. The van der Waals surface area contributed by atoms with Gasteiger partial charge in [0.05, 0.1) is 18.2 Å². The molecule has 1 aromatic carbocycles. The van der Waals surface area contributed by atoms with Crippen LogP contribution in [0.3, 0.4) is 0 Å². The highest BCUT2D eigenvalue weighted by molar-refractivity contribution is 6.32. The van der Waals surface area contributed by atoms with Crippen molar-refractivity contribution in [3.8, 4) is 5.75 Å². The Morgan fingerprint density at radius 1 is 1.16 bits per heavy atom. The molecule has 0 aliphatic heterocycles. The van der Waals surface area contributed by atoms with Crippen LogP contribution in [0.15, 0.2) is 18.2 Å². The SMILES string of the molecule is Cc1cccc(Cl)c1OCCOCCNC(C)(C)C. The van der Waals surface area contributed by atoms with E-state index >= 15 is 0 Å². The fourth-order valence-corrected chi connectivity index (χ4v) is 1.88. The van der Waals surface area contributed by atoms with E-state index in [1.165, 1.54) is 0 Å². The van der Waals surface area contributed by atoms with Gasteiger partial charge in [-0.05, 0) is 39.3 Å². The van der Waals surface area contributed by atoms with E-state index in [9.17, 15) is 0 Å². The van der Waals surface area contributed by atoms with Crippen molar-refractivity contribution in [2.75, 3.05) is 26.4 Å². The van der Waals surface area contributed by atoms with Gasteiger partial charge in [-0.3, -0.25) is 0 Å². The molecule has 0 bridgehead atoms. The van der Waals surface area contributed by atoms with Crippen LogP contribution in [-0.2, 0) is 4.74 Å². The summed E-state index contributed by atoms with van der Waals surface area (Å²) in [5.41, 5.74) is 1.18. The highest BCUT2D eigenvalue weighted by Gasteiger charge is 2.07. The van der Waals surface area contributed by atoms with Gasteiger partial charge in [-0.15, -0.1) is 0 Å². The third-order valence-electron chi connectivity index (χ3n) is 2.54. The molecule has 19 heavy (non-hydrogen) atoms. The van der Waals surface area contributed by atoms with Gasteiger partial charge < -0.3 is 14.8 Å². The summed E-state index contributed by atoms with van der Waals surface area (Å²) in [7, 11) is 0. The molecule has 1 aromatic rings. The largest absolute Gasteiger partial charge is 0.489 e. The van der Waals surface area contributed by atoms with Crippen molar-refractivity contribution in [1.82, 2.24) is 5.32 Å². The Balaban J connectivity index is 2.15. The summed E-state index contributed by atoms with van der Waals surface area (Å²) in [6.45, 7) is 11.0. The molecule has 0 heterocycles. The van der Waals surface area contributed by atoms with Crippen LogP contribution in [0.1, 0.15) is 26.3 Å². The van der Waals surface area contributed by atoms with Crippen molar-refractivity contribution >= 4 is 11.6 Å². The predicted molar refractivity (Wildman–Crippen MR) is 80.3 cm³/mol. The maximum absolute atomic E-state index is 6.07. The Kier molecular flexibility index (Phi) is 6.63. The lowest BCUT2D eigenvalue weighted by molar-refractivity contribution is 0.0983. The first-order valence-electron chi connectivity index (χ1n) is 6.61. The molecule has 0 spiro atoms. The van der Waals surface area contributed by atoms with Gasteiger partial charge in [-0.25, -0.2) is 0 Å². The Bertz CT molecular complexity index is 368. The molecule has 0 amide bonds. The molecule has 0 radical (unpaired) electrons. The van der Waals surface area contributed by atoms with E-state index < -0.39 is 0 Å². The van der Waals surface area contributed by atoms with Crippen LogP contribution in [0.2, 0.25) is 5.02 Å². The molecule has 3 nitrogen and oxygen atoms in total. The van der Waals surface area contributed by atoms with Gasteiger partial charge in [-0.2, -0.15) is 0 Å². The summed E-state index contributed by atoms with van der Waals surface area (Å²) in [5.74, 6) is 0.751. The smallest absolute Gasteiger partial charge is 0.140 e. The number of para-hydroxylation sites is 1. The minimum absolute atomic E-state index is 0.133. The molecule has 108 valence electrons. The molecule has 1 N–H and O–H groups in total. The van der Waals surface area contributed by atoms with E-state index in [2.05, 4.69) is 26.1 Å². The van der Waals surface area contributed by atoms with Gasteiger partial charge in [0.1, 0.15) is 12.4 Å². The number of nitrogens with one attached hydrogen (secondary N) is 1. The summed E-state index contributed by atoms with van der Waals surface area (Å²) in [6.07, 6.45) is 0. The lowest BCUT2D eigenvalue weighted by Crippen LogP contribution is -2.38. The molecule has 0 aromatic heterocycles. The van der Waals surface area contributed by atoms with Crippen molar-refractivity contribution in [2.24, 2.45) is 0 Å². The van der Waals surface area contributed by atoms with Gasteiger partial charge in [0.2, 0.25) is 0 Å². The number of aryl methyl sites for hydroxylation is 1. The van der Waals surface area contributed by atoms with E-state index in [-0.39, 0.29) is 5.54 Å². The Morgan fingerprint density at radius 2 is 1.89 bits per heavy atom. The van der Waals surface area contributed by atoms with E-state index in [1.54, 1.807) is 0 Å². The van der Waals surface area contributed by atoms with Crippen molar-refractivity contribution in [2.45, 2.75) is 33.2 Å². The van der Waals surface area contributed by atoms with Gasteiger partial charge in [0, 0.05) is 12.1 Å². The van der Waals surface area contributed by atoms with Crippen LogP contribution in [-0.4, -0.2) is 31.9 Å². The van der Waals surface area contributed by atoms with Gasteiger partial charge in [0.25, 0.3) is 0 Å². The summed E-state index contributed by atoms with van der Waals surface area (Å²) in [4.78, 5) is 0. The van der Waals surface area contributed by atoms with E-state index in [0.29, 0.717) is 24.8 Å². The summed E-state index contributed by atoms with van der Waals surface area (Å²) in [5, 5.41) is 4.01. The average molecular weight is 286 g/mol. The van der Waals surface area contributed by atoms with E-state index in [4.69, 9.17) is 21.1 Å². The molecular formula is C15H24ClNO2. The fourth-order valence-electron chi connectivity index (χ4n) is 1.60. The van der Waals surface area contributed by atoms with Crippen LogP contribution >= 0.6 is 11.6 Å². The summed E-state index contributed by atoms with van der Waals surface area (Å²) in [6, 6.07) is 5.73. The molecule has 0 aliphatic carbocycles. The monoisotopic (exact) mass is 285 g/mol. The minimum atomic E-state index is 0.133. The molecule has 0 unspecified atom stereocenters. The molecular weight excluding hydrogens is 262 g/mol. The van der Waals surface area contributed by atoms with E-state index in [1.807, 2.05) is 25.1 Å². The maximum Gasteiger partial charge on any atom is 0.140 e. The van der Waals surface area contributed by atoms with Crippen molar-refractivity contribution in [3.63, 3.8) is 0 Å². The van der Waals surface area contributed by atoms with Gasteiger partial charge >= 0.3 is 0 Å². The Labute approximate surface area is 121 Å². The zero-order chi connectivity index (χ0) is 14.3. The quantitative estimate of drug-likeness (QED) is 0.779. The first-order valence-corrected chi connectivity index (χ1v) is 6.98. The Hall–Kier alpha value is -0.770. The number of halogens is 1. The van der Waals surface area contributed by atoms with Gasteiger partial charge in [0.15, 0.2) is 0 Å². The van der Waals surface area contributed by atoms with E-state index in [0.717, 1.165) is 17.9 Å². The minimum Gasteiger partial charge on any atom is -0.489 e. The number of rotatable bonds is 7. The first kappa shape index (κ1) is 16.3. The highest BCUT2D eigenvalue weighted by Crippen LogP contribution is 2.27. The van der Waals surface area contributed by atoms with Crippen molar-refractivity contribution in [1.29, 1.82) is 0 Å². The summed E-state index contributed by atoms with van der Waals surface area (Å²) < 4.78 is 11.1. The van der Waals surface area contributed by atoms with Crippen molar-refractivity contribution in [3.05, 3.63) is 28.8 Å². The topological polar surface area (TPSA) is 30.5 Å². The van der Waals surface area contributed by atoms with Gasteiger partial charge in [-0.1, -0.05) is 23.7 Å². The maximum atomic E-state index is 6.07. The standard InChI is InChI=1S/C15H24ClNO2/c1-12-6-5-7-13(16)14(12)19-11-10-18-9-8-17-15(2,3)4/h5-7,17H,8-11H2,1-4H3. The predicted octanol–water partition coefficient (Wildman–Crippen LogP) is 3.43. The molecule has 0 saturated carbocycles. The Morgan fingerprint density at radius 3 is 2.53 bits per heavy atom. The molecule has 4 heteroatoms. The summed E-state index contributed by atoms with van der Waals surface area (Å²) >= 11 is 6.07. The second-order valence-electron chi connectivity index (χ2n) is 5.52.